The van der Waals surface area contributed by atoms with Crippen molar-refractivity contribution in [1.82, 2.24) is 5.32 Å². The highest BCUT2D eigenvalue weighted by Crippen LogP contribution is 2.40. The number of nitrogens with one attached hydrogen (secondary N) is 1. The van der Waals surface area contributed by atoms with E-state index >= 15 is 0 Å². The Labute approximate surface area is 103 Å². The zero-order chi connectivity index (χ0) is 11.1. The summed E-state index contributed by atoms with van der Waals surface area (Å²) in [5.74, 6) is 0. The Morgan fingerprint density at radius 1 is 1.67 bits per heavy atom. The highest BCUT2D eigenvalue weighted by Gasteiger charge is 2.46. The summed E-state index contributed by atoms with van der Waals surface area (Å²) in [6, 6.07) is 2.50. The van der Waals surface area contributed by atoms with Crippen molar-refractivity contribution < 1.29 is 5.11 Å². The highest BCUT2D eigenvalue weighted by atomic mass is 79.9. The van der Waals surface area contributed by atoms with E-state index in [4.69, 9.17) is 0 Å². The van der Waals surface area contributed by atoms with E-state index < -0.39 is 0 Å². The lowest BCUT2D eigenvalue weighted by Crippen LogP contribution is -2.59. The molecule has 2 nitrogen and oxygen atoms in total. The van der Waals surface area contributed by atoms with Gasteiger partial charge in [0.25, 0.3) is 0 Å². The molecule has 1 fully saturated rings. The molecule has 1 aliphatic carbocycles. The van der Waals surface area contributed by atoms with Crippen LogP contribution in [0.15, 0.2) is 15.9 Å². The number of hydrogen-bond acceptors (Lipinski definition) is 3. The van der Waals surface area contributed by atoms with Gasteiger partial charge in [-0.25, -0.2) is 0 Å². The van der Waals surface area contributed by atoms with Crippen molar-refractivity contribution in [3.63, 3.8) is 0 Å². The van der Waals surface area contributed by atoms with Crippen LogP contribution in [0.4, 0.5) is 0 Å². The molecule has 0 aliphatic heterocycles. The topological polar surface area (TPSA) is 32.3 Å². The molecule has 2 unspecified atom stereocenters. The quantitative estimate of drug-likeness (QED) is 0.897. The Bertz CT molecular complexity index is 350. The van der Waals surface area contributed by atoms with Crippen LogP contribution in [0.25, 0.3) is 0 Å². The summed E-state index contributed by atoms with van der Waals surface area (Å²) in [5.41, 5.74) is 0.0176. The zero-order valence-corrected chi connectivity index (χ0v) is 11.4. The van der Waals surface area contributed by atoms with E-state index in [9.17, 15) is 5.11 Å². The Morgan fingerprint density at radius 2 is 2.40 bits per heavy atom. The maximum absolute atomic E-state index is 9.61. The standard InChI is InChI=1S/C11H16BrNOS/c1-11(2)9(5-10(11)14)13-6-8-7(12)3-4-15-8/h3-4,9-10,13-14H,5-6H2,1-2H3. The maximum Gasteiger partial charge on any atom is 0.0621 e. The molecule has 2 N–H and O–H groups in total. The second kappa shape index (κ2) is 4.17. The van der Waals surface area contributed by atoms with Gasteiger partial charge in [-0.05, 0) is 33.8 Å². The van der Waals surface area contributed by atoms with Gasteiger partial charge in [-0.3, -0.25) is 0 Å². The van der Waals surface area contributed by atoms with Crippen LogP contribution >= 0.6 is 27.3 Å². The number of thiophene rings is 1. The molecule has 0 aromatic carbocycles. The van der Waals surface area contributed by atoms with E-state index in [1.165, 1.54) is 9.35 Å². The Morgan fingerprint density at radius 3 is 2.87 bits per heavy atom. The van der Waals surface area contributed by atoms with Gasteiger partial charge < -0.3 is 10.4 Å². The van der Waals surface area contributed by atoms with E-state index in [-0.39, 0.29) is 11.5 Å². The van der Waals surface area contributed by atoms with Crippen molar-refractivity contribution in [2.75, 3.05) is 0 Å². The van der Waals surface area contributed by atoms with Gasteiger partial charge in [-0.2, -0.15) is 0 Å². The van der Waals surface area contributed by atoms with Crippen molar-refractivity contribution in [3.8, 4) is 0 Å². The predicted molar refractivity (Wildman–Crippen MR) is 67.1 cm³/mol. The van der Waals surface area contributed by atoms with Gasteiger partial charge in [-0.15, -0.1) is 11.3 Å². The summed E-state index contributed by atoms with van der Waals surface area (Å²) in [5, 5.41) is 15.2. The van der Waals surface area contributed by atoms with Crippen LogP contribution in [-0.2, 0) is 6.54 Å². The molecule has 0 saturated heterocycles. The molecule has 84 valence electrons. The van der Waals surface area contributed by atoms with Gasteiger partial charge in [0.15, 0.2) is 0 Å². The summed E-state index contributed by atoms with van der Waals surface area (Å²) >= 11 is 5.27. The number of aliphatic hydroxyl groups excluding tert-OH is 1. The van der Waals surface area contributed by atoms with Crippen LogP contribution in [0.2, 0.25) is 0 Å². The third-order valence-corrected chi connectivity index (χ3v) is 5.34. The number of rotatable bonds is 3. The second-order valence-electron chi connectivity index (χ2n) is 4.70. The Hall–Kier alpha value is 0.100. The summed E-state index contributed by atoms with van der Waals surface area (Å²) in [6.07, 6.45) is 0.720. The molecule has 1 aromatic rings. The summed E-state index contributed by atoms with van der Waals surface area (Å²) in [4.78, 5) is 1.33. The molecule has 0 radical (unpaired) electrons. The average molecular weight is 290 g/mol. The van der Waals surface area contributed by atoms with Gasteiger partial charge in [0.05, 0.1) is 6.10 Å². The van der Waals surface area contributed by atoms with Gasteiger partial charge in [0, 0.05) is 27.4 Å². The van der Waals surface area contributed by atoms with Crippen LogP contribution in [0.1, 0.15) is 25.1 Å². The molecule has 4 heteroatoms. The molecule has 0 amide bonds. The zero-order valence-electron chi connectivity index (χ0n) is 8.96. The van der Waals surface area contributed by atoms with Gasteiger partial charge in [0.2, 0.25) is 0 Å². The first-order valence-corrected chi connectivity index (χ1v) is 6.82. The molecular weight excluding hydrogens is 274 g/mol. The summed E-state index contributed by atoms with van der Waals surface area (Å²) < 4.78 is 1.18. The first kappa shape index (κ1) is 11.6. The van der Waals surface area contributed by atoms with Crippen LogP contribution in [0.3, 0.4) is 0 Å². The number of halogens is 1. The second-order valence-corrected chi connectivity index (χ2v) is 6.55. The fourth-order valence-corrected chi connectivity index (χ4v) is 3.36. The van der Waals surface area contributed by atoms with Crippen molar-refractivity contribution in [2.24, 2.45) is 5.41 Å². The van der Waals surface area contributed by atoms with Crippen LogP contribution < -0.4 is 5.32 Å². The Balaban J connectivity index is 1.88. The molecule has 1 aromatic heterocycles. The largest absolute Gasteiger partial charge is 0.392 e. The monoisotopic (exact) mass is 289 g/mol. The van der Waals surface area contributed by atoms with Gasteiger partial charge in [0.1, 0.15) is 0 Å². The lowest BCUT2D eigenvalue weighted by atomic mass is 9.64. The number of aliphatic hydroxyl groups is 1. The Kier molecular flexibility index (Phi) is 3.22. The average Bonchev–Trinajstić information content (AvgIpc) is 2.58. The van der Waals surface area contributed by atoms with E-state index in [1.807, 2.05) is 0 Å². The van der Waals surface area contributed by atoms with Crippen LogP contribution in [0, 0.1) is 5.41 Å². The van der Waals surface area contributed by atoms with Gasteiger partial charge in [-0.1, -0.05) is 13.8 Å². The number of hydrogen-bond donors (Lipinski definition) is 2. The fourth-order valence-electron chi connectivity index (χ4n) is 1.92. The minimum absolute atomic E-state index is 0.0176. The summed E-state index contributed by atoms with van der Waals surface area (Å²) in [6.45, 7) is 5.11. The minimum Gasteiger partial charge on any atom is -0.392 e. The fraction of sp³-hybridized carbons (Fsp3) is 0.636. The van der Waals surface area contributed by atoms with Gasteiger partial charge >= 0.3 is 0 Å². The normalized spacial score (nSPS) is 28.8. The third kappa shape index (κ3) is 2.13. The molecule has 2 atom stereocenters. The molecule has 1 aliphatic rings. The van der Waals surface area contributed by atoms with Crippen molar-refractivity contribution in [2.45, 2.75) is 39.0 Å². The molecule has 1 heterocycles. The minimum atomic E-state index is -0.151. The van der Waals surface area contributed by atoms with Crippen LogP contribution in [0.5, 0.6) is 0 Å². The first-order chi connectivity index (χ1) is 7.01. The van der Waals surface area contributed by atoms with Crippen LogP contribution in [-0.4, -0.2) is 17.3 Å². The molecule has 2 rings (SSSR count). The molecular formula is C11H16BrNOS. The predicted octanol–water partition coefficient (Wildman–Crippen LogP) is 2.76. The van der Waals surface area contributed by atoms with Crippen molar-refractivity contribution in [1.29, 1.82) is 0 Å². The maximum atomic E-state index is 9.61. The smallest absolute Gasteiger partial charge is 0.0621 e. The van der Waals surface area contributed by atoms with E-state index in [0.29, 0.717) is 6.04 Å². The molecule has 1 saturated carbocycles. The van der Waals surface area contributed by atoms with Crippen molar-refractivity contribution >= 4 is 27.3 Å². The lowest BCUT2D eigenvalue weighted by Gasteiger charge is -2.49. The van der Waals surface area contributed by atoms with E-state index in [0.717, 1.165) is 13.0 Å². The summed E-state index contributed by atoms with van der Waals surface area (Å²) in [7, 11) is 0. The van der Waals surface area contributed by atoms with E-state index in [2.05, 4.69) is 46.5 Å². The van der Waals surface area contributed by atoms with E-state index in [1.54, 1.807) is 11.3 Å². The highest BCUT2D eigenvalue weighted by molar-refractivity contribution is 9.10. The molecule has 0 bridgehead atoms. The van der Waals surface area contributed by atoms with Crippen molar-refractivity contribution in [3.05, 3.63) is 20.8 Å². The third-order valence-electron chi connectivity index (χ3n) is 3.42. The SMILES string of the molecule is CC1(C)C(O)CC1NCc1sccc1Br. The lowest BCUT2D eigenvalue weighted by molar-refractivity contribution is -0.0729. The first-order valence-electron chi connectivity index (χ1n) is 5.15. The molecule has 0 spiro atoms. The molecule has 15 heavy (non-hydrogen) atoms.